The molecule has 1 atom stereocenters. The lowest BCUT2D eigenvalue weighted by molar-refractivity contribution is -0.144. The summed E-state index contributed by atoms with van der Waals surface area (Å²) >= 11 is 0. The van der Waals surface area contributed by atoms with Crippen molar-refractivity contribution in [2.45, 2.75) is 13.0 Å². The molecule has 0 radical (unpaired) electrons. The number of rotatable bonds is 6. The van der Waals surface area contributed by atoms with Gasteiger partial charge in [-0.1, -0.05) is 18.2 Å². The van der Waals surface area contributed by atoms with E-state index in [0.29, 0.717) is 6.61 Å². The average Bonchev–Trinajstić information content (AvgIpc) is 2.97. The molecule has 0 unspecified atom stereocenters. The lowest BCUT2D eigenvalue weighted by Gasteiger charge is -2.18. The van der Waals surface area contributed by atoms with Gasteiger partial charge >= 0.3 is 5.97 Å². The van der Waals surface area contributed by atoms with Crippen LogP contribution >= 0.6 is 0 Å². The molecule has 0 aliphatic heterocycles. The van der Waals surface area contributed by atoms with Crippen LogP contribution in [0.4, 0.5) is 5.69 Å². The van der Waals surface area contributed by atoms with Crippen LogP contribution in [0, 0.1) is 0 Å². The van der Waals surface area contributed by atoms with Gasteiger partial charge in [0.2, 0.25) is 0 Å². The van der Waals surface area contributed by atoms with Crippen molar-refractivity contribution in [3.05, 3.63) is 60.3 Å². The molecule has 5 nitrogen and oxygen atoms in total. The third kappa shape index (κ3) is 3.45. The molecule has 0 saturated heterocycles. The van der Waals surface area contributed by atoms with Crippen LogP contribution in [0.2, 0.25) is 0 Å². The van der Waals surface area contributed by atoms with Crippen molar-refractivity contribution in [1.82, 2.24) is 4.57 Å². The monoisotopic (exact) mass is 338 g/mol. The first kappa shape index (κ1) is 16.9. The van der Waals surface area contributed by atoms with Gasteiger partial charge in [-0.05, 0) is 37.3 Å². The number of hydrogen-bond acceptors (Lipinski definition) is 4. The number of aromatic nitrogens is 1. The first-order valence-electron chi connectivity index (χ1n) is 8.25. The van der Waals surface area contributed by atoms with E-state index in [9.17, 15) is 4.79 Å². The molecule has 1 aromatic heterocycles. The summed E-state index contributed by atoms with van der Waals surface area (Å²) in [5.74, 6) is 0.470. The zero-order valence-electron chi connectivity index (χ0n) is 14.7. The molecule has 0 aliphatic carbocycles. The Hall–Kier alpha value is -2.95. The van der Waals surface area contributed by atoms with Crippen molar-refractivity contribution in [3.8, 4) is 5.75 Å². The minimum atomic E-state index is -0.584. The second-order valence-corrected chi connectivity index (χ2v) is 5.77. The van der Waals surface area contributed by atoms with E-state index in [4.69, 9.17) is 9.47 Å². The molecule has 3 aromatic rings. The number of methoxy groups -OCH3 is 1. The molecule has 3 rings (SSSR count). The maximum absolute atomic E-state index is 12.6. The van der Waals surface area contributed by atoms with Crippen LogP contribution in [-0.4, -0.2) is 24.3 Å². The first-order valence-corrected chi connectivity index (χ1v) is 8.25. The van der Waals surface area contributed by atoms with Crippen molar-refractivity contribution in [3.63, 3.8) is 0 Å². The summed E-state index contributed by atoms with van der Waals surface area (Å²) in [4.78, 5) is 12.6. The van der Waals surface area contributed by atoms with E-state index in [-0.39, 0.29) is 5.97 Å². The first-order chi connectivity index (χ1) is 12.1. The standard InChI is InChI=1S/C20H22N2O3/c1-4-25-20(23)19(21-14-9-11-15(24-3)12-10-14)17-13-22(2)18-8-6-5-7-16(17)18/h5-13,19,21H,4H2,1-3H3/t19-/m0/s1. The van der Waals surface area contributed by atoms with Crippen molar-refractivity contribution in [2.24, 2.45) is 7.05 Å². The Kier molecular flexibility index (Phi) is 4.93. The molecular weight excluding hydrogens is 316 g/mol. The number of fused-ring (bicyclic) bond motifs is 1. The normalized spacial score (nSPS) is 12.0. The van der Waals surface area contributed by atoms with Gasteiger partial charge < -0.3 is 19.4 Å². The number of carbonyl (C=O) groups is 1. The van der Waals surface area contributed by atoms with E-state index in [1.165, 1.54) is 0 Å². The smallest absolute Gasteiger partial charge is 0.333 e. The molecule has 0 spiro atoms. The van der Waals surface area contributed by atoms with Crippen molar-refractivity contribution >= 4 is 22.6 Å². The fraction of sp³-hybridized carbons (Fsp3) is 0.250. The van der Waals surface area contributed by atoms with Crippen LogP contribution in [0.3, 0.4) is 0 Å². The largest absolute Gasteiger partial charge is 0.497 e. The molecule has 1 N–H and O–H groups in total. The molecule has 0 aliphatic rings. The van der Waals surface area contributed by atoms with Crippen LogP contribution in [0.25, 0.3) is 10.9 Å². The van der Waals surface area contributed by atoms with Crippen LogP contribution in [0.15, 0.2) is 54.7 Å². The molecule has 2 aromatic carbocycles. The van der Waals surface area contributed by atoms with Crippen LogP contribution < -0.4 is 10.1 Å². The zero-order chi connectivity index (χ0) is 17.8. The summed E-state index contributed by atoms with van der Waals surface area (Å²) in [7, 11) is 3.60. The second kappa shape index (κ2) is 7.30. The molecule has 25 heavy (non-hydrogen) atoms. The molecule has 0 bridgehead atoms. The topological polar surface area (TPSA) is 52.5 Å². The third-order valence-corrected chi connectivity index (χ3v) is 4.16. The summed E-state index contributed by atoms with van der Waals surface area (Å²) in [6.45, 7) is 2.15. The van der Waals surface area contributed by atoms with Gasteiger partial charge in [0.25, 0.3) is 0 Å². The van der Waals surface area contributed by atoms with Crippen molar-refractivity contribution < 1.29 is 14.3 Å². The van der Waals surface area contributed by atoms with Crippen molar-refractivity contribution in [2.75, 3.05) is 19.0 Å². The number of esters is 1. The van der Waals surface area contributed by atoms with Gasteiger partial charge in [-0.2, -0.15) is 0 Å². The molecule has 1 heterocycles. The predicted molar refractivity (Wildman–Crippen MR) is 98.9 cm³/mol. The number of nitrogens with one attached hydrogen (secondary N) is 1. The summed E-state index contributed by atoms with van der Waals surface area (Å²) in [6.07, 6.45) is 1.97. The fourth-order valence-corrected chi connectivity index (χ4v) is 2.95. The number of carbonyl (C=O) groups excluding carboxylic acids is 1. The highest BCUT2D eigenvalue weighted by atomic mass is 16.5. The quantitative estimate of drug-likeness (QED) is 0.693. The van der Waals surface area contributed by atoms with Crippen molar-refractivity contribution in [1.29, 1.82) is 0 Å². The van der Waals surface area contributed by atoms with E-state index in [2.05, 4.69) is 5.32 Å². The van der Waals surface area contributed by atoms with Gasteiger partial charge in [0, 0.05) is 35.4 Å². The maximum Gasteiger partial charge on any atom is 0.333 e. The summed E-state index contributed by atoms with van der Waals surface area (Å²) in [5.41, 5.74) is 2.79. The Bertz CT molecular complexity index is 868. The molecule has 5 heteroatoms. The summed E-state index contributed by atoms with van der Waals surface area (Å²) < 4.78 is 12.5. The van der Waals surface area contributed by atoms with Gasteiger partial charge in [-0.25, -0.2) is 4.79 Å². The highest BCUT2D eigenvalue weighted by Gasteiger charge is 2.25. The number of nitrogens with zero attached hydrogens (tertiary/aromatic N) is 1. The number of benzene rings is 2. The number of aryl methyl sites for hydroxylation is 1. The van der Waals surface area contributed by atoms with Gasteiger partial charge in [0.15, 0.2) is 6.04 Å². The Labute approximate surface area is 147 Å². The summed E-state index contributed by atoms with van der Waals surface area (Å²) in [5, 5.41) is 4.32. The van der Waals surface area contributed by atoms with Crippen LogP contribution in [0.1, 0.15) is 18.5 Å². The molecule has 130 valence electrons. The molecular formula is C20H22N2O3. The lowest BCUT2D eigenvalue weighted by Crippen LogP contribution is -2.23. The molecule has 0 amide bonds. The van der Waals surface area contributed by atoms with Crippen LogP contribution in [-0.2, 0) is 16.6 Å². The highest BCUT2D eigenvalue weighted by molar-refractivity contribution is 5.91. The van der Waals surface area contributed by atoms with E-state index >= 15 is 0 Å². The van der Waals surface area contributed by atoms with Gasteiger partial charge in [0.1, 0.15) is 5.75 Å². The Morgan fingerprint density at radius 2 is 1.88 bits per heavy atom. The van der Waals surface area contributed by atoms with Gasteiger partial charge in [-0.15, -0.1) is 0 Å². The van der Waals surface area contributed by atoms with E-state index < -0.39 is 6.04 Å². The zero-order valence-corrected chi connectivity index (χ0v) is 14.7. The van der Waals surface area contributed by atoms with E-state index in [1.54, 1.807) is 7.11 Å². The Morgan fingerprint density at radius 1 is 1.16 bits per heavy atom. The molecule has 0 saturated carbocycles. The van der Waals surface area contributed by atoms with E-state index in [1.807, 2.05) is 73.3 Å². The SMILES string of the molecule is CCOC(=O)[C@@H](Nc1ccc(OC)cc1)c1cn(C)c2ccccc12. The number of hydrogen-bond donors (Lipinski definition) is 1. The maximum atomic E-state index is 12.6. The Balaban J connectivity index is 2.00. The van der Waals surface area contributed by atoms with E-state index in [0.717, 1.165) is 27.9 Å². The second-order valence-electron chi connectivity index (χ2n) is 5.77. The minimum absolute atomic E-state index is 0.297. The molecule has 0 fully saturated rings. The minimum Gasteiger partial charge on any atom is -0.497 e. The summed E-state index contributed by atoms with van der Waals surface area (Å²) in [6, 6.07) is 14.9. The van der Waals surface area contributed by atoms with Gasteiger partial charge in [-0.3, -0.25) is 0 Å². The average molecular weight is 338 g/mol. The van der Waals surface area contributed by atoms with Gasteiger partial charge in [0.05, 0.1) is 13.7 Å². The number of ether oxygens (including phenoxy) is 2. The fourth-order valence-electron chi connectivity index (χ4n) is 2.95. The Morgan fingerprint density at radius 3 is 2.56 bits per heavy atom. The predicted octanol–water partition coefficient (Wildman–Crippen LogP) is 3.90. The number of anilines is 1. The lowest BCUT2D eigenvalue weighted by atomic mass is 10.1. The number of para-hydroxylation sites is 1. The highest BCUT2D eigenvalue weighted by Crippen LogP contribution is 2.30. The third-order valence-electron chi connectivity index (χ3n) is 4.16. The van der Waals surface area contributed by atoms with Crippen LogP contribution in [0.5, 0.6) is 5.75 Å².